The van der Waals surface area contributed by atoms with Gasteiger partial charge in [0, 0.05) is 12.6 Å². The van der Waals surface area contributed by atoms with E-state index in [0.717, 1.165) is 24.9 Å². The lowest BCUT2D eigenvalue weighted by atomic mass is 10.2. The quantitative estimate of drug-likeness (QED) is 0.904. The van der Waals surface area contributed by atoms with Crippen LogP contribution in [0.5, 0.6) is 0 Å². The summed E-state index contributed by atoms with van der Waals surface area (Å²) in [4.78, 5) is 17.2. The lowest BCUT2D eigenvalue weighted by Crippen LogP contribution is -2.37. The summed E-state index contributed by atoms with van der Waals surface area (Å²) in [6.07, 6.45) is 2.12. The average molecular weight is 263 g/mol. The molecule has 102 valence electrons. The van der Waals surface area contributed by atoms with E-state index in [1.54, 1.807) is 10.6 Å². The number of hydrogen-bond donors (Lipinski definition) is 1. The highest BCUT2D eigenvalue weighted by atomic mass is 19.1. The lowest BCUT2D eigenvalue weighted by Gasteiger charge is -2.28. The fourth-order valence-electron chi connectivity index (χ4n) is 3.05. The Morgan fingerprint density at radius 2 is 2.21 bits per heavy atom. The van der Waals surface area contributed by atoms with Gasteiger partial charge in [-0.2, -0.15) is 0 Å². The van der Waals surface area contributed by atoms with Crippen molar-refractivity contribution < 1.29 is 4.39 Å². The highest BCUT2D eigenvalue weighted by Crippen LogP contribution is 2.30. The standard InChI is InChI=1S/C14H18FN3O/c1-9(2)17-7-3-4-13(17)18-12-6-5-10(15)8-11(12)16-14(18)19/h5-6,8-9,13H,3-4,7H2,1-2H3,(H,16,19). The highest BCUT2D eigenvalue weighted by molar-refractivity contribution is 5.75. The number of aromatic amines is 1. The summed E-state index contributed by atoms with van der Waals surface area (Å²) in [5.41, 5.74) is 1.20. The topological polar surface area (TPSA) is 41.0 Å². The lowest BCUT2D eigenvalue weighted by molar-refractivity contribution is 0.152. The Morgan fingerprint density at radius 3 is 2.95 bits per heavy atom. The summed E-state index contributed by atoms with van der Waals surface area (Å²) in [5, 5.41) is 0. The van der Waals surface area contributed by atoms with Gasteiger partial charge in [-0.1, -0.05) is 0 Å². The molecular formula is C14H18FN3O. The molecular weight excluding hydrogens is 245 g/mol. The van der Waals surface area contributed by atoms with Crippen molar-refractivity contribution in [1.82, 2.24) is 14.5 Å². The van der Waals surface area contributed by atoms with Gasteiger partial charge in [-0.25, -0.2) is 9.18 Å². The fraction of sp³-hybridized carbons (Fsp3) is 0.500. The van der Waals surface area contributed by atoms with E-state index < -0.39 is 0 Å². The summed E-state index contributed by atoms with van der Waals surface area (Å²) in [6.45, 7) is 5.28. The zero-order valence-corrected chi connectivity index (χ0v) is 11.2. The van der Waals surface area contributed by atoms with Gasteiger partial charge < -0.3 is 4.98 Å². The number of imidazole rings is 1. The van der Waals surface area contributed by atoms with Crippen LogP contribution in [0.4, 0.5) is 4.39 Å². The van der Waals surface area contributed by atoms with Crippen molar-refractivity contribution in [3.05, 3.63) is 34.5 Å². The number of fused-ring (bicyclic) bond motifs is 1. The Bertz CT molecular complexity index is 658. The van der Waals surface area contributed by atoms with Crippen LogP contribution in [0.2, 0.25) is 0 Å². The van der Waals surface area contributed by atoms with Crippen LogP contribution in [0.3, 0.4) is 0 Å². The van der Waals surface area contributed by atoms with Gasteiger partial charge in [0.05, 0.1) is 17.2 Å². The van der Waals surface area contributed by atoms with E-state index in [9.17, 15) is 9.18 Å². The minimum atomic E-state index is -0.326. The number of H-pyrrole nitrogens is 1. The van der Waals surface area contributed by atoms with E-state index in [4.69, 9.17) is 0 Å². The van der Waals surface area contributed by atoms with E-state index >= 15 is 0 Å². The van der Waals surface area contributed by atoms with Crippen LogP contribution in [0, 0.1) is 5.82 Å². The predicted molar refractivity (Wildman–Crippen MR) is 72.6 cm³/mol. The normalized spacial score (nSPS) is 20.7. The van der Waals surface area contributed by atoms with Gasteiger partial charge in [0.15, 0.2) is 0 Å². The first-order valence-electron chi connectivity index (χ1n) is 6.73. The molecule has 0 radical (unpaired) electrons. The van der Waals surface area contributed by atoms with Gasteiger partial charge in [-0.15, -0.1) is 0 Å². The van der Waals surface area contributed by atoms with Crippen molar-refractivity contribution >= 4 is 11.0 Å². The van der Waals surface area contributed by atoms with Crippen LogP contribution in [-0.4, -0.2) is 27.0 Å². The second-order valence-corrected chi connectivity index (χ2v) is 5.42. The Morgan fingerprint density at radius 1 is 1.42 bits per heavy atom. The zero-order valence-electron chi connectivity index (χ0n) is 11.2. The molecule has 1 fully saturated rings. The van der Waals surface area contributed by atoms with Gasteiger partial charge >= 0.3 is 5.69 Å². The molecule has 1 aromatic carbocycles. The number of halogens is 1. The number of likely N-dealkylation sites (tertiary alicyclic amines) is 1. The number of nitrogens with one attached hydrogen (secondary N) is 1. The van der Waals surface area contributed by atoms with E-state index in [0.29, 0.717) is 11.6 Å². The summed E-state index contributed by atoms with van der Waals surface area (Å²) >= 11 is 0. The number of hydrogen-bond acceptors (Lipinski definition) is 2. The number of rotatable bonds is 2. The van der Waals surface area contributed by atoms with Crippen LogP contribution < -0.4 is 5.69 Å². The molecule has 0 spiro atoms. The van der Waals surface area contributed by atoms with E-state index in [2.05, 4.69) is 23.7 Å². The second-order valence-electron chi connectivity index (χ2n) is 5.42. The monoisotopic (exact) mass is 263 g/mol. The molecule has 1 unspecified atom stereocenters. The Hall–Kier alpha value is -1.62. The molecule has 3 rings (SSSR count). The van der Waals surface area contributed by atoms with Gasteiger partial charge in [0.1, 0.15) is 5.82 Å². The smallest absolute Gasteiger partial charge is 0.305 e. The molecule has 0 amide bonds. The summed E-state index contributed by atoms with van der Waals surface area (Å²) in [6, 6.07) is 4.85. The van der Waals surface area contributed by atoms with Crippen molar-refractivity contribution in [3.8, 4) is 0 Å². The summed E-state index contributed by atoms with van der Waals surface area (Å²) in [5.74, 6) is -0.326. The van der Waals surface area contributed by atoms with Crippen molar-refractivity contribution in [2.75, 3.05) is 6.54 Å². The molecule has 1 saturated heterocycles. The maximum Gasteiger partial charge on any atom is 0.327 e. The molecule has 4 nitrogen and oxygen atoms in total. The number of aromatic nitrogens is 2. The SMILES string of the molecule is CC(C)N1CCCC1n1c(=O)[nH]c2cc(F)ccc21. The molecule has 2 aromatic rings. The Labute approximate surface area is 110 Å². The molecule has 2 heterocycles. The molecule has 5 heteroatoms. The average Bonchev–Trinajstić information content (AvgIpc) is 2.91. The van der Waals surface area contributed by atoms with E-state index in [1.807, 2.05) is 0 Å². The van der Waals surface area contributed by atoms with Gasteiger partial charge in [-0.05, 0) is 44.9 Å². The minimum Gasteiger partial charge on any atom is -0.305 e. The van der Waals surface area contributed by atoms with Gasteiger partial charge in [0.25, 0.3) is 0 Å². The molecule has 1 aromatic heterocycles. The third-order valence-corrected chi connectivity index (χ3v) is 3.90. The molecule has 0 saturated carbocycles. The first-order valence-corrected chi connectivity index (χ1v) is 6.73. The van der Waals surface area contributed by atoms with Crippen LogP contribution in [0.15, 0.2) is 23.0 Å². The molecule has 1 aliphatic heterocycles. The Kier molecular flexibility index (Phi) is 2.93. The molecule has 1 aliphatic rings. The molecule has 0 aliphatic carbocycles. The summed E-state index contributed by atoms with van der Waals surface area (Å²) in [7, 11) is 0. The summed E-state index contributed by atoms with van der Waals surface area (Å²) < 4.78 is 15.0. The van der Waals surface area contributed by atoms with E-state index in [1.165, 1.54) is 12.1 Å². The third-order valence-electron chi connectivity index (χ3n) is 3.90. The van der Waals surface area contributed by atoms with Gasteiger partial charge in [0.2, 0.25) is 0 Å². The third kappa shape index (κ3) is 1.98. The zero-order chi connectivity index (χ0) is 13.6. The maximum absolute atomic E-state index is 13.2. The van der Waals surface area contributed by atoms with Crippen LogP contribution in [-0.2, 0) is 0 Å². The van der Waals surface area contributed by atoms with Crippen LogP contribution in [0.25, 0.3) is 11.0 Å². The first kappa shape index (κ1) is 12.4. The number of benzene rings is 1. The minimum absolute atomic E-state index is 0.0757. The van der Waals surface area contributed by atoms with Crippen molar-refractivity contribution in [3.63, 3.8) is 0 Å². The van der Waals surface area contributed by atoms with Crippen molar-refractivity contribution in [2.45, 2.75) is 38.9 Å². The van der Waals surface area contributed by atoms with Crippen LogP contribution >= 0.6 is 0 Å². The molecule has 1 N–H and O–H groups in total. The van der Waals surface area contributed by atoms with Crippen LogP contribution in [0.1, 0.15) is 32.9 Å². The molecule has 19 heavy (non-hydrogen) atoms. The van der Waals surface area contributed by atoms with Crippen molar-refractivity contribution in [1.29, 1.82) is 0 Å². The number of nitrogens with zero attached hydrogens (tertiary/aromatic N) is 2. The maximum atomic E-state index is 13.2. The fourth-order valence-corrected chi connectivity index (χ4v) is 3.05. The highest BCUT2D eigenvalue weighted by Gasteiger charge is 2.30. The van der Waals surface area contributed by atoms with E-state index in [-0.39, 0.29) is 17.7 Å². The van der Waals surface area contributed by atoms with Gasteiger partial charge in [-0.3, -0.25) is 9.47 Å². The molecule has 0 bridgehead atoms. The molecule has 1 atom stereocenters. The van der Waals surface area contributed by atoms with Crippen molar-refractivity contribution in [2.24, 2.45) is 0 Å². The Balaban J connectivity index is 2.14. The predicted octanol–water partition coefficient (Wildman–Crippen LogP) is 2.47. The second kappa shape index (κ2) is 4.49. The first-order chi connectivity index (χ1) is 9.08. The largest absolute Gasteiger partial charge is 0.327 e.